The van der Waals surface area contributed by atoms with Crippen molar-refractivity contribution in [2.75, 3.05) is 5.32 Å². The smallest absolute Gasteiger partial charge is 0.163 e. The normalized spacial score (nSPS) is 11.0. The lowest BCUT2D eigenvalue weighted by Gasteiger charge is -2.12. The fourth-order valence-electron chi connectivity index (χ4n) is 3.38. The summed E-state index contributed by atoms with van der Waals surface area (Å²) in [5.41, 5.74) is 3.38. The molecular formula is C25H15F3N4. The van der Waals surface area contributed by atoms with Crippen LogP contribution in [0.1, 0.15) is 0 Å². The molecule has 0 aliphatic rings. The zero-order chi connectivity index (χ0) is 22.1. The van der Waals surface area contributed by atoms with E-state index in [0.717, 1.165) is 23.3 Å². The van der Waals surface area contributed by atoms with Gasteiger partial charge in [-0.25, -0.2) is 23.1 Å². The van der Waals surface area contributed by atoms with Gasteiger partial charge in [0.2, 0.25) is 0 Å². The third-order valence-corrected chi connectivity index (χ3v) is 4.98. The van der Waals surface area contributed by atoms with Gasteiger partial charge in [-0.05, 0) is 59.7 Å². The maximum atomic E-state index is 13.7. The van der Waals surface area contributed by atoms with E-state index in [-0.39, 0.29) is 5.82 Å². The molecule has 5 rings (SSSR count). The van der Waals surface area contributed by atoms with Gasteiger partial charge in [0.05, 0.1) is 5.52 Å². The van der Waals surface area contributed by atoms with Crippen LogP contribution in [0.4, 0.5) is 24.7 Å². The largest absolute Gasteiger partial charge is 0.340 e. The minimum absolute atomic E-state index is 0.311. The predicted octanol–water partition coefficient (Wildman–Crippen LogP) is 6.52. The van der Waals surface area contributed by atoms with E-state index in [9.17, 15) is 13.2 Å². The van der Waals surface area contributed by atoms with Crippen molar-refractivity contribution in [1.29, 1.82) is 0 Å². The highest BCUT2D eigenvalue weighted by atomic mass is 19.2. The van der Waals surface area contributed by atoms with Crippen molar-refractivity contribution in [3.05, 3.63) is 103 Å². The van der Waals surface area contributed by atoms with Gasteiger partial charge in [-0.2, -0.15) is 0 Å². The molecule has 156 valence electrons. The maximum absolute atomic E-state index is 13.7. The second-order valence-corrected chi connectivity index (χ2v) is 7.13. The molecule has 32 heavy (non-hydrogen) atoms. The predicted molar refractivity (Wildman–Crippen MR) is 118 cm³/mol. The fraction of sp³-hybridized carbons (Fsp3) is 0. The van der Waals surface area contributed by atoms with Gasteiger partial charge in [0.15, 0.2) is 17.5 Å². The Morgan fingerprint density at radius 3 is 2.25 bits per heavy atom. The molecule has 2 aromatic heterocycles. The zero-order valence-corrected chi connectivity index (χ0v) is 16.6. The minimum atomic E-state index is -0.959. The first-order valence-corrected chi connectivity index (χ1v) is 9.77. The molecule has 0 radical (unpaired) electrons. The number of halogens is 3. The van der Waals surface area contributed by atoms with Gasteiger partial charge in [0.25, 0.3) is 0 Å². The molecule has 1 N–H and O–H groups in total. The van der Waals surface area contributed by atoms with Gasteiger partial charge in [0.1, 0.15) is 11.6 Å². The van der Waals surface area contributed by atoms with Crippen molar-refractivity contribution in [3.8, 4) is 22.5 Å². The first-order chi connectivity index (χ1) is 15.6. The second-order valence-electron chi connectivity index (χ2n) is 7.13. The number of anilines is 2. The SMILES string of the molecule is Fc1ccc(-c2ccc3c(Nc4ccc(F)c(F)c4)nc(-c4cccnc4)nc3c2)cc1. The van der Waals surface area contributed by atoms with E-state index in [1.54, 1.807) is 30.6 Å². The van der Waals surface area contributed by atoms with Crippen LogP contribution in [-0.2, 0) is 0 Å². The Hall–Kier alpha value is -4.26. The van der Waals surface area contributed by atoms with E-state index in [0.29, 0.717) is 33.8 Å². The van der Waals surface area contributed by atoms with E-state index >= 15 is 0 Å². The number of aromatic nitrogens is 3. The maximum Gasteiger partial charge on any atom is 0.163 e. The molecule has 5 aromatic rings. The molecule has 0 fully saturated rings. The fourth-order valence-corrected chi connectivity index (χ4v) is 3.38. The van der Waals surface area contributed by atoms with Gasteiger partial charge in [-0.15, -0.1) is 0 Å². The van der Waals surface area contributed by atoms with Crippen molar-refractivity contribution in [2.24, 2.45) is 0 Å². The molecule has 0 unspecified atom stereocenters. The first-order valence-electron chi connectivity index (χ1n) is 9.77. The van der Waals surface area contributed by atoms with Crippen LogP contribution >= 0.6 is 0 Å². The van der Waals surface area contributed by atoms with Crippen molar-refractivity contribution < 1.29 is 13.2 Å². The summed E-state index contributed by atoms with van der Waals surface area (Å²) in [7, 11) is 0. The summed E-state index contributed by atoms with van der Waals surface area (Å²) in [6.45, 7) is 0. The highest BCUT2D eigenvalue weighted by molar-refractivity contribution is 5.94. The van der Waals surface area contributed by atoms with Crippen LogP contribution in [0, 0.1) is 17.5 Å². The molecule has 0 saturated heterocycles. The quantitative estimate of drug-likeness (QED) is 0.354. The molecule has 0 spiro atoms. The topological polar surface area (TPSA) is 50.7 Å². The average molecular weight is 428 g/mol. The van der Waals surface area contributed by atoms with Crippen LogP contribution < -0.4 is 5.32 Å². The summed E-state index contributed by atoms with van der Waals surface area (Å²) in [6.07, 6.45) is 3.30. The Kier molecular flexibility index (Phi) is 4.99. The van der Waals surface area contributed by atoms with E-state index in [1.165, 1.54) is 18.2 Å². The first kappa shape index (κ1) is 19.7. The van der Waals surface area contributed by atoms with Gasteiger partial charge < -0.3 is 5.32 Å². The molecule has 2 heterocycles. The van der Waals surface area contributed by atoms with Crippen LogP contribution in [0.2, 0.25) is 0 Å². The van der Waals surface area contributed by atoms with Crippen LogP contribution in [0.5, 0.6) is 0 Å². The molecule has 7 heteroatoms. The van der Waals surface area contributed by atoms with Gasteiger partial charge in [-0.1, -0.05) is 18.2 Å². The van der Waals surface area contributed by atoms with Crippen molar-refractivity contribution in [1.82, 2.24) is 15.0 Å². The van der Waals surface area contributed by atoms with Gasteiger partial charge >= 0.3 is 0 Å². The Morgan fingerprint density at radius 1 is 0.688 bits per heavy atom. The standard InChI is InChI=1S/C25H15F3N4/c26-18-6-3-15(4-7-18)16-5-9-20-23(12-16)31-24(17-2-1-11-29-14-17)32-25(20)30-19-8-10-21(27)22(28)13-19/h1-14H,(H,30,31,32). The summed E-state index contributed by atoms with van der Waals surface area (Å²) >= 11 is 0. The Labute approximate surface area is 181 Å². The van der Waals surface area contributed by atoms with Crippen LogP contribution in [-0.4, -0.2) is 15.0 Å². The Bertz CT molecular complexity index is 1420. The minimum Gasteiger partial charge on any atom is -0.340 e. The lowest BCUT2D eigenvalue weighted by atomic mass is 10.0. The number of hydrogen-bond donors (Lipinski definition) is 1. The summed E-state index contributed by atoms with van der Waals surface area (Å²) < 4.78 is 40.4. The summed E-state index contributed by atoms with van der Waals surface area (Å²) in [5.74, 6) is -1.34. The van der Waals surface area contributed by atoms with Crippen LogP contribution in [0.3, 0.4) is 0 Å². The molecular weight excluding hydrogens is 413 g/mol. The Balaban J connectivity index is 1.66. The third kappa shape index (κ3) is 3.88. The second kappa shape index (κ2) is 8.11. The monoisotopic (exact) mass is 428 g/mol. The molecule has 0 atom stereocenters. The number of benzene rings is 3. The summed E-state index contributed by atoms with van der Waals surface area (Å²) in [4.78, 5) is 13.4. The van der Waals surface area contributed by atoms with Crippen molar-refractivity contribution in [2.45, 2.75) is 0 Å². The third-order valence-electron chi connectivity index (χ3n) is 4.98. The highest BCUT2D eigenvalue weighted by Crippen LogP contribution is 2.31. The van der Waals surface area contributed by atoms with Gasteiger partial charge in [-0.3, -0.25) is 4.98 Å². The van der Waals surface area contributed by atoms with Crippen LogP contribution in [0.25, 0.3) is 33.4 Å². The average Bonchev–Trinajstić information content (AvgIpc) is 2.82. The molecule has 4 nitrogen and oxygen atoms in total. The van der Waals surface area contributed by atoms with Crippen molar-refractivity contribution >= 4 is 22.4 Å². The number of fused-ring (bicyclic) bond motifs is 1. The zero-order valence-electron chi connectivity index (χ0n) is 16.6. The number of nitrogens with one attached hydrogen (secondary N) is 1. The lowest BCUT2D eigenvalue weighted by molar-refractivity contribution is 0.509. The molecule has 0 aliphatic heterocycles. The number of pyridine rings is 1. The van der Waals surface area contributed by atoms with Crippen LogP contribution in [0.15, 0.2) is 85.2 Å². The number of hydrogen-bond acceptors (Lipinski definition) is 4. The molecule has 0 saturated carbocycles. The van der Waals surface area contributed by atoms with E-state index < -0.39 is 11.6 Å². The van der Waals surface area contributed by atoms with Crippen molar-refractivity contribution in [3.63, 3.8) is 0 Å². The highest BCUT2D eigenvalue weighted by Gasteiger charge is 2.12. The van der Waals surface area contributed by atoms with E-state index in [4.69, 9.17) is 0 Å². The number of rotatable bonds is 4. The summed E-state index contributed by atoms with van der Waals surface area (Å²) in [6, 6.07) is 18.9. The lowest BCUT2D eigenvalue weighted by Crippen LogP contribution is -2.00. The molecule has 0 amide bonds. The molecule has 0 bridgehead atoms. The van der Waals surface area contributed by atoms with Gasteiger partial charge in [0, 0.05) is 35.1 Å². The number of nitrogens with zero attached hydrogens (tertiary/aromatic N) is 3. The molecule has 3 aromatic carbocycles. The Morgan fingerprint density at radius 2 is 1.50 bits per heavy atom. The summed E-state index contributed by atoms with van der Waals surface area (Å²) in [5, 5.41) is 3.75. The van der Waals surface area contributed by atoms with E-state index in [1.807, 2.05) is 24.3 Å². The molecule has 0 aliphatic carbocycles. The van der Waals surface area contributed by atoms with E-state index in [2.05, 4.69) is 20.3 Å².